The number of hydrazine groups is 1. The lowest BCUT2D eigenvalue weighted by atomic mass is 9.96. The number of methoxy groups -OCH3 is 1. The first-order valence-electron chi connectivity index (χ1n) is 8.50. The number of ether oxygens (including phenoxy) is 1. The maximum atomic E-state index is 12.6. The lowest BCUT2D eigenvalue weighted by Crippen LogP contribution is -2.37. The molecule has 1 aliphatic heterocycles. The Morgan fingerprint density at radius 3 is 2.00 bits per heavy atom. The van der Waals surface area contributed by atoms with Crippen molar-refractivity contribution in [3.63, 3.8) is 0 Å². The molecule has 0 spiro atoms. The fourth-order valence-corrected chi connectivity index (χ4v) is 2.74. The minimum absolute atomic E-state index is 0.0358. The van der Waals surface area contributed by atoms with E-state index in [1.165, 1.54) is 12.4 Å². The van der Waals surface area contributed by atoms with Crippen LogP contribution in [-0.2, 0) is 14.4 Å². The number of nitrogens with one attached hydrogen (secondary N) is 1. The third-order valence-corrected chi connectivity index (χ3v) is 3.85. The lowest BCUT2D eigenvalue weighted by molar-refractivity contribution is -0.174. The van der Waals surface area contributed by atoms with E-state index in [2.05, 4.69) is 10.5 Å². The number of nitrogens with zero attached hydrogens (tertiary/aromatic N) is 2. The van der Waals surface area contributed by atoms with Gasteiger partial charge in [0.25, 0.3) is 5.76 Å². The summed E-state index contributed by atoms with van der Waals surface area (Å²) in [6.45, 7) is 3.73. The topological polar surface area (TPSA) is 63.2 Å². The SMILES string of the molecule is COC(=O)C(ON1N=C(C)C=C(C)N1)=C(c1ccccc1)c1ccccc1. The van der Waals surface area contributed by atoms with Gasteiger partial charge in [0.05, 0.1) is 12.8 Å². The van der Waals surface area contributed by atoms with Crippen LogP contribution in [0.1, 0.15) is 25.0 Å². The standard InChI is InChI=1S/C21H21N3O3/c1-15-14-16(2)23-24(22-15)27-20(21(25)26-3)19(17-10-6-4-7-11-17)18-12-8-5-9-13-18/h4-14,22H,1-3H3. The third-order valence-electron chi connectivity index (χ3n) is 3.85. The summed E-state index contributed by atoms with van der Waals surface area (Å²) in [4.78, 5) is 18.5. The highest BCUT2D eigenvalue weighted by molar-refractivity contribution is 6.00. The Morgan fingerprint density at radius 1 is 0.963 bits per heavy atom. The fourth-order valence-electron chi connectivity index (χ4n) is 2.74. The van der Waals surface area contributed by atoms with Gasteiger partial charge in [0.1, 0.15) is 0 Å². The number of hydrazone groups is 1. The summed E-state index contributed by atoms with van der Waals surface area (Å²) in [6.07, 6.45) is 1.87. The predicted molar refractivity (Wildman–Crippen MR) is 104 cm³/mol. The van der Waals surface area contributed by atoms with Crippen molar-refractivity contribution in [1.82, 2.24) is 10.7 Å². The van der Waals surface area contributed by atoms with Gasteiger partial charge >= 0.3 is 5.97 Å². The summed E-state index contributed by atoms with van der Waals surface area (Å²) in [6, 6.07) is 19.1. The van der Waals surface area contributed by atoms with E-state index >= 15 is 0 Å². The number of hydrogen-bond donors (Lipinski definition) is 1. The lowest BCUT2D eigenvalue weighted by Gasteiger charge is -2.25. The molecule has 1 aliphatic rings. The predicted octanol–water partition coefficient (Wildman–Crippen LogP) is 3.65. The monoisotopic (exact) mass is 363 g/mol. The van der Waals surface area contributed by atoms with E-state index in [0.29, 0.717) is 5.57 Å². The van der Waals surface area contributed by atoms with Crippen LogP contribution >= 0.6 is 0 Å². The van der Waals surface area contributed by atoms with E-state index in [9.17, 15) is 4.79 Å². The molecular weight excluding hydrogens is 342 g/mol. The zero-order valence-electron chi connectivity index (χ0n) is 15.5. The van der Waals surface area contributed by atoms with Gasteiger partial charge in [-0.3, -0.25) is 5.43 Å². The molecule has 0 saturated heterocycles. The summed E-state index contributed by atoms with van der Waals surface area (Å²) in [5, 5.41) is 5.43. The molecule has 0 fully saturated rings. The highest BCUT2D eigenvalue weighted by Crippen LogP contribution is 2.29. The first kappa shape index (κ1) is 18.3. The van der Waals surface area contributed by atoms with Gasteiger partial charge in [-0.05, 0) is 36.3 Å². The number of benzene rings is 2. The maximum absolute atomic E-state index is 12.6. The average molecular weight is 363 g/mol. The minimum Gasteiger partial charge on any atom is -0.463 e. The van der Waals surface area contributed by atoms with Crippen LogP contribution in [-0.4, -0.2) is 24.1 Å². The Balaban J connectivity index is 2.13. The molecule has 2 aromatic carbocycles. The fraction of sp³-hybridized carbons (Fsp3) is 0.143. The van der Waals surface area contributed by atoms with Crippen LogP contribution in [0, 0.1) is 0 Å². The van der Waals surface area contributed by atoms with Crippen molar-refractivity contribution in [3.8, 4) is 0 Å². The molecule has 0 radical (unpaired) electrons. The summed E-state index contributed by atoms with van der Waals surface area (Å²) in [5.41, 5.74) is 6.82. The molecule has 0 bridgehead atoms. The number of hydrogen-bond acceptors (Lipinski definition) is 6. The Hall–Kier alpha value is -3.54. The molecule has 0 aromatic heterocycles. The Labute approximate surface area is 158 Å². The molecule has 2 aromatic rings. The van der Waals surface area contributed by atoms with Crippen molar-refractivity contribution in [3.05, 3.63) is 89.3 Å². The van der Waals surface area contributed by atoms with Crippen molar-refractivity contribution in [2.24, 2.45) is 5.10 Å². The zero-order chi connectivity index (χ0) is 19.2. The smallest absolute Gasteiger partial charge is 0.377 e. The van der Waals surface area contributed by atoms with Gasteiger partial charge in [0, 0.05) is 11.3 Å². The van der Waals surface area contributed by atoms with E-state index in [4.69, 9.17) is 9.57 Å². The van der Waals surface area contributed by atoms with Crippen LogP contribution < -0.4 is 5.43 Å². The molecule has 3 rings (SSSR count). The van der Waals surface area contributed by atoms with Gasteiger partial charge in [-0.25, -0.2) is 4.79 Å². The van der Waals surface area contributed by atoms with Crippen LogP contribution in [0.25, 0.3) is 5.57 Å². The quantitative estimate of drug-likeness (QED) is 0.499. The van der Waals surface area contributed by atoms with Crippen LogP contribution in [0.3, 0.4) is 0 Å². The molecule has 0 amide bonds. The van der Waals surface area contributed by atoms with Gasteiger partial charge in [0.15, 0.2) is 0 Å². The molecule has 27 heavy (non-hydrogen) atoms. The second kappa shape index (κ2) is 8.23. The number of carbonyl (C=O) groups excluding carboxylic acids is 1. The van der Waals surface area contributed by atoms with E-state index in [1.807, 2.05) is 80.6 Å². The van der Waals surface area contributed by atoms with Crippen molar-refractivity contribution in [2.75, 3.05) is 7.11 Å². The van der Waals surface area contributed by atoms with Gasteiger partial charge in [-0.15, -0.1) is 5.10 Å². The number of esters is 1. The van der Waals surface area contributed by atoms with E-state index in [-0.39, 0.29) is 5.76 Å². The summed E-state index contributed by atoms with van der Waals surface area (Å²) >= 11 is 0. The number of carbonyl (C=O) groups is 1. The molecule has 6 nitrogen and oxygen atoms in total. The van der Waals surface area contributed by atoms with Crippen LogP contribution in [0.2, 0.25) is 0 Å². The van der Waals surface area contributed by atoms with Gasteiger partial charge < -0.3 is 9.57 Å². The molecule has 1 heterocycles. The second-order valence-electron chi connectivity index (χ2n) is 5.97. The molecule has 0 unspecified atom stereocenters. The zero-order valence-corrected chi connectivity index (χ0v) is 15.5. The number of allylic oxidation sites excluding steroid dienone is 2. The average Bonchev–Trinajstić information content (AvgIpc) is 2.68. The first-order valence-corrected chi connectivity index (χ1v) is 8.50. The molecule has 6 heteroatoms. The summed E-state index contributed by atoms with van der Waals surface area (Å²) in [5.74, 6) is -0.562. The summed E-state index contributed by atoms with van der Waals surface area (Å²) in [7, 11) is 1.32. The normalized spacial score (nSPS) is 13.1. The number of rotatable bonds is 5. The van der Waals surface area contributed by atoms with Gasteiger partial charge in [0.2, 0.25) is 0 Å². The van der Waals surface area contributed by atoms with Gasteiger partial charge in [-0.2, -0.15) is 0 Å². The van der Waals surface area contributed by atoms with Crippen molar-refractivity contribution >= 4 is 17.3 Å². The second-order valence-corrected chi connectivity index (χ2v) is 5.97. The minimum atomic E-state index is -0.598. The molecule has 0 aliphatic carbocycles. The maximum Gasteiger partial charge on any atom is 0.377 e. The van der Waals surface area contributed by atoms with E-state index in [1.54, 1.807) is 0 Å². The van der Waals surface area contributed by atoms with Gasteiger partial charge in [-0.1, -0.05) is 60.7 Å². The highest BCUT2D eigenvalue weighted by atomic mass is 16.8. The summed E-state index contributed by atoms with van der Waals surface area (Å²) < 4.78 is 4.99. The van der Waals surface area contributed by atoms with Crippen molar-refractivity contribution in [1.29, 1.82) is 0 Å². The molecule has 138 valence electrons. The molecule has 1 N–H and O–H groups in total. The highest BCUT2D eigenvalue weighted by Gasteiger charge is 2.25. The van der Waals surface area contributed by atoms with Crippen molar-refractivity contribution < 1.29 is 14.4 Å². The Morgan fingerprint density at radius 2 is 1.52 bits per heavy atom. The Kier molecular flexibility index (Phi) is 5.56. The molecule has 0 atom stereocenters. The van der Waals surface area contributed by atoms with Crippen LogP contribution in [0.5, 0.6) is 0 Å². The first-order chi connectivity index (χ1) is 13.1. The largest absolute Gasteiger partial charge is 0.463 e. The van der Waals surface area contributed by atoms with E-state index in [0.717, 1.165) is 22.5 Å². The Bertz CT molecular complexity index is 861. The van der Waals surface area contributed by atoms with Crippen LogP contribution in [0.15, 0.2) is 83.3 Å². The molecule has 0 saturated carbocycles. The molecular formula is C21H21N3O3. The van der Waals surface area contributed by atoms with Crippen LogP contribution in [0.4, 0.5) is 0 Å². The van der Waals surface area contributed by atoms with E-state index < -0.39 is 5.97 Å². The third kappa shape index (κ3) is 4.36. The van der Waals surface area contributed by atoms with Crippen molar-refractivity contribution in [2.45, 2.75) is 13.8 Å².